The van der Waals surface area contributed by atoms with Crippen LogP contribution in [0.2, 0.25) is 0 Å². The zero-order chi connectivity index (χ0) is 12.7. The molecule has 0 spiro atoms. The number of rotatable bonds is 1. The zero-order valence-corrected chi connectivity index (χ0v) is 10.2. The maximum atomic E-state index is 13.8. The van der Waals surface area contributed by atoms with Gasteiger partial charge in [0.05, 0.1) is 18.0 Å². The standard InChI is InChI=1S/C14H14FNO2/c1-18-11-7-6-9(15)13-12(11)14(17)8-4-2-3-5-10(8)16-13/h6-7H,2-5H2,1H3,(H,16,17). The molecule has 1 aliphatic rings. The summed E-state index contributed by atoms with van der Waals surface area (Å²) in [5.74, 6) is 0.0253. The van der Waals surface area contributed by atoms with Crippen molar-refractivity contribution in [1.82, 2.24) is 4.98 Å². The fourth-order valence-electron chi connectivity index (χ4n) is 2.67. The first kappa shape index (κ1) is 11.3. The first-order valence-electron chi connectivity index (χ1n) is 6.12. The molecule has 4 heteroatoms. The molecule has 0 fully saturated rings. The maximum Gasteiger partial charge on any atom is 0.196 e. The van der Waals surface area contributed by atoms with Crippen LogP contribution < -0.4 is 10.2 Å². The number of methoxy groups -OCH3 is 1. The van der Waals surface area contributed by atoms with E-state index in [1.165, 1.54) is 19.2 Å². The summed E-state index contributed by atoms with van der Waals surface area (Å²) in [5.41, 5.74) is 1.85. The summed E-state index contributed by atoms with van der Waals surface area (Å²) in [7, 11) is 1.49. The Labute approximate surface area is 104 Å². The number of aromatic amines is 1. The predicted molar refractivity (Wildman–Crippen MR) is 67.7 cm³/mol. The summed E-state index contributed by atoms with van der Waals surface area (Å²) in [6.07, 6.45) is 3.64. The number of halogens is 1. The molecule has 1 N–H and O–H groups in total. The molecule has 2 aromatic rings. The minimum atomic E-state index is -0.406. The second kappa shape index (κ2) is 4.12. The maximum absolute atomic E-state index is 13.8. The number of aryl methyl sites for hydroxylation is 1. The average Bonchev–Trinajstić information content (AvgIpc) is 2.40. The number of H-pyrrole nitrogens is 1. The van der Waals surface area contributed by atoms with Crippen LogP contribution in [-0.4, -0.2) is 12.1 Å². The summed E-state index contributed by atoms with van der Waals surface area (Å²) in [6, 6.07) is 2.83. The predicted octanol–water partition coefficient (Wildman–Crippen LogP) is 2.55. The van der Waals surface area contributed by atoms with Crippen LogP contribution in [0.3, 0.4) is 0 Å². The molecule has 0 aliphatic heterocycles. The Hall–Kier alpha value is -1.84. The topological polar surface area (TPSA) is 42.1 Å². The van der Waals surface area contributed by atoms with Crippen LogP contribution in [0, 0.1) is 5.82 Å². The molecule has 94 valence electrons. The highest BCUT2D eigenvalue weighted by molar-refractivity contribution is 5.86. The molecular weight excluding hydrogens is 233 g/mol. The number of nitrogens with one attached hydrogen (secondary N) is 1. The van der Waals surface area contributed by atoms with Crippen molar-refractivity contribution in [3.63, 3.8) is 0 Å². The van der Waals surface area contributed by atoms with E-state index in [9.17, 15) is 9.18 Å². The van der Waals surface area contributed by atoms with Crippen LogP contribution in [-0.2, 0) is 12.8 Å². The molecule has 0 saturated heterocycles. The lowest BCUT2D eigenvalue weighted by Gasteiger charge is -2.17. The summed E-state index contributed by atoms with van der Waals surface area (Å²) >= 11 is 0. The van der Waals surface area contributed by atoms with E-state index in [2.05, 4.69) is 4.98 Å². The van der Waals surface area contributed by atoms with Crippen molar-refractivity contribution < 1.29 is 9.13 Å². The van der Waals surface area contributed by atoms with Gasteiger partial charge >= 0.3 is 0 Å². The second-order valence-electron chi connectivity index (χ2n) is 4.62. The SMILES string of the molecule is COc1ccc(F)c2[nH]c3c(c(=O)c12)CCCC3. The van der Waals surface area contributed by atoms with E-state index >= 15 is 0 Å². The first-order chi connectivity index (χ1) is 8.72. The van der Waals surface area contributed by atoms with Crippen LogP contribution in [0.5, 0.6) is 5.75 Å². The Bertz CT molecular complexity index is 676. The van der Waals surface area contributed by atoms with Crippen molar-refractivity contribution in [2.45, 2.75) is 25.7 Å². The molecule has 3 nitrogen and oxygen atoms in total. The summed E-state index contributed by atoms with van der Waals surface area (Å²) in [6.45, 7) is 0. The second-order valence-corrected chi connectivity index (χ2v) is 4.62. The molecule has 1 aromatic carbocycles. The van der Waals surface area contributed by atoms with E-state index in [1.807, 2.05) is 0 Å². The van der Waals surface area contributed by atoms with E-state index in [0.717, 1.165) is 36.9 Å². The van der Waals surface area contributed by atoms with Gasteiger partial charge in [-0.2, -0.15) is 0 Å². The quantitative estimate of drug-likeness (QED) is 0.841. The van der Waals surface area contributed by atoms with Gasteiger partial charge in [0.2, 0.25) is 0 Å². The van der Waals surface area contributed by atoms with Gasteiger partial charge in [-0.1, -0.05) is 0 Å². The van der Waals surface area contributed by atoms with Crippen LogP contribution in [0.1, 0.15) is 24.1 Å². The molecule has 1 heterocycles. The molecule has 18 heavy (non-hydrogen) atoms. The molecule has 1 aromatic heterocycles. The Kier molecular flexibility index (Phi) is 2.58. The van der Waals surface area contributed by atoms with Crippen LogP contribution in [0.4, 0.5) is 4.39 Å². The lowest BCUT2D eigenvalue weighted by molar-refractivity contribution is 0.418. The van der Waals surface area contributed by atoms with E-state index in [0.29, 0.717) is 11.1 Å². The highest BCUT2D eigenvalue weighted by atomic mass is 19.1. The van der Waals surface area contributed by atoms with E-state index < -0.39 is 5.82 Å². The van der Waals surface area contributed by atoms with Gasteiger partial charge in [-0.15, -0.1) is 0 Å². The molecule has 3 rings (SSSR count). The van der Waals surface area contributed by atoms with Gasteiger partial charge in [0.1, 0.15) is 11.6 Å². The number of fused-ring (bicyclic) bond motifs is 2. The number of pyridine rings is 1. The molecule has 0 saturated carbocycles. The number of hydrogen-bond acceptors (Lipinski definition) is 2. The van der Waals surface area contributed by atoms with Gasteiger partial charge in [0.25, 0.3) is 0 Å². The van der Waals surface area contributed by atoms with Crippen LogP contribution >= 0.6 is 0 Å². The number of aromatic nitrogens is 1. The average molecular weight is 247 g/mol. The van der Waals surface area contributed by atoms with Gasteiger partial charge in [-0.3, -0.25) is 4.79 Å². The molecule has 0 unspecified atom stereocenters. The fourth-order valence-corrected chi connectivity index (χ4v) is 2.67. The van der Waals surface area contributed by atoms with Gasteiger partial charge in [-0.25, -0.2) is 4.39 Å². The van der Waals surface area contributed by atoms with Gasteiger partial charge in [0, 0.05) is 11.3 Å². The van der Waals surface area contributed by atoms with E-state index in [-0.39, 0.29) is 10.9 Å². The number of hydrogen-bond donors (Lipinski definition) is 1. The minimum absolute atomic E-state index is 0.0881. The highest BCUT2D eigenvalue weighted by Crippen LogP contribution is 2.27. The molecule has 0 radical (unpaired) electrons. The summed E-state index contributed by atoms with van der Waals surface area (Å²) in [4.78, 5) is 15.5. The third-order valence-electron chi connectivity index (χ3n) is 3.58. The minimum Gasteiger partial charge on any atom is -0.496 e. The number of benzene rings is 1. The Morgan fingerprint density at radius 2 is 2.06 bits per heavy atom. The largest absolute Gasteiger partial charge is 0.496 e. The Morgan fingerprint density at radius 3 is 2.83 bits per heavy atom. The third kappa shape index (κ3) is 1.52. The van der Waals surface area contributed by atoms with Crippen molar-refractivity contribution in [1.29, 1.82) is 0 Å². The lowest BCUT2D eigenvalue weighted by Crippen LogP contribution is -2.19. The van der Waals surface area contributed by atoms with Crippen molar-refractivity contribution in [2.24, 2.45) is 0 Å². The fraction of sp³-hybridized carbons (Fsp3) is 0.357. The molecule has 0 bridgehead atoms. The van der Waals surface area contributed by atoms with Gasteiger partial charge in [-0.05, 0) is 37.8 Å². The van der Waals surface area contributed by atoms with Crippen molar-refractivity contribution >= 4 is 10.9 Å². The molecule has 0 atom stereocenters. The van der Waals surface area contributed by atoms with E-state index in [4.69, 9.17) is 4.74 Å². The normalized spacial score (nSPS) is 14.6. The number of ether oxygens (including phenoxy) is 1. The lowest BCUT2D eigenvalue weighted by atomic mass is 9.94. The summed E-state index contributed by atoms with van der Waals surface area (Å²) < 4.78 is 19.0. The summed E-state index contributed by atoms with van der Waals surface area (Å²) in [5, 5.41) is 0.332. The molecule has 1 aliphatic carbocycles. The van der Waals surface area contributed by atoms with Crippen LogP contribution in [0.25, 0.3) is 10.9 Å². The third-order valence-corrected chi connectivity index (χ3v) is 3.58. The van der Waals surface area contributed by atoms with Crippen LogP contribution in [0.15, 0.2) is 16.9 Å². The highest BCUT2D eigenvalue weighted by Gasteiger charge is 2.19. The Balaban J connectivity index is 2.45. The molecule has 0 amide bonds. The van der Waals surface area contributed by atoms with Gasteiger partial charge in [0.15, 0.2) is 5.43 Å². The van der Waals surface area contributed by atoms with Gasteiger partial charge < -0.3 is 9.72 Å². The first-order valence-corrected chi connectivity index (χ1v) is 6.12. The monoisotopic (exact) mass is 247 g/mol. The molecular formula is C14H14FNO2. The Morgan fingerprint density at radius 1 is 1.28 bits per heavy atom. The zero-order valence-electron chi connectivity index (χ0n) is 10.2. The smallest absolute Gasteiger partial charge is 0.196 e. The van der Waals surface area contributed by atoms with Crippen molar-refractivity contribution in [3.05, 3.63) is 39.4 Å². The van der Waals surface area contributed by atoms with Crippen molar-refractivity contribution in [3.8, 4) is 5.75 Å². The van der Waals surface area contributed by atoms with E-state index in [1.54, 1.807) is 0 Å². The van der Waals surface area contributed by atoms with Crippen molar-refractivity contribution in [2.75, 3.05) is 7.11 Å².